The van der Waals surface area contributed by atoms with Gasteiger partial charge < -0.3 is 49.5 Å². The van der Waals surface area contributed by atoms with Gasteiger partial charge in [0, 0.05) is 54.2 Å². The molecule has 0 aliphatic heterocycles. The van der Waals surface area contributed by atoms with E-state index in [-0.39, 0.29) is 27.6 Å². The van der Waals surface area contributed by atoms with Crippen molar-refractivity contribution in [3.63, 3.8) is 0 Å². The third-order valence-electron chi connectivity index (χ3n) is 5.69. The molecule has 52 heavy (non-hydrogen) atoms. The summed E-state index contributed by atoms with van der Waals surface area (Å²) in [5.74, 6) is -10.1. The molecule has 0 saturated heterocycles. The summed E-state index contributed by atoms with van der Waals surface area (Å²) in [6, 6.07) is 0. The molecule has 0 aliphatic rings. The van der Waals surface area contributed by atoms with Gasteiger partial charge in [0.25, 0.3) is 17.7 Å². The minimum atomic E-state index is -2.05. The first-order valence-electron chi connectivity index (χ1n) is 14.3. The molecule has 1 aromatic carbocycles. The molecule has 1 rings (SSSR count). The second-order valence-corrected chi connectivity index (χ2v) is 13.2. The standard InChI is InChI=1S/C29H32I3N3O17/c1-10(36)46-7-16(49-13(4)39)27(43)34-23-20(30)19(25(26(33)42)52-29(45)18(51-15(6)41)9-48-12(3)38)21(31)24(22(23)32)35-28(44)17(50-14(5)40)8-47-11(2)37/h16-18,25H,7-9H2,1-6H3,(H2,33,42)(H,34,43)(H,35,44). The Morgan fingerprint density at radius 2 is 0.846 bits per heavy atom. The topological polar surface area (TPSA) is 285 Å². The number of nitrogens with one attached hydrogen (secondary N) is 2. The Balaban J connectivity index is 3.99. The van der Waals surface area contributed by atoms with Crippen molar-refractivity contribution in [2.75, 3.05) is 30.5 Å². The van der Waals surface area contributed by atoms with E-state index in [1.807, 2.05) is 0 Å². The molecular weight excluding hydrogens is 1040 g/mol. The molecule has 0 aromatic heterocycles. The highest BCUT2D eigenvalue weighted by atomic mass is 127. The normalized spacial score (nSPS) is 12.7. The Labute approximate surface area is 335 Å². The summed E-state index contributed by atoms with van der Waals surface area (Å²) in [7, 11) is 0. The van der Waals surface area contributed by atoms with Gasteiger partial charge in [-0.2, -0.15) is 0 Å². The Bertz CT molecular complexity index is 1550. The van der Waals surface area contributed by atoms with Gasteiger partial charge in [-0.3, -0.25) is 43.2 Å². The quantitative estimate of drug-likeness (QED) is 0.111. The summed E-state index contributed by atoms with van der Waals surface area (Å²) in [6.45, 7) is 3.80. The number of hydrogen-bond acceptors (Lipinski definition) is 17. The predicted molar refractivity (Wildman–Crippen MR) is 196 cm³/mol. The molecular formula is C29H32I3N3O17. The lowest BCUT2D eigenvalue weighted by molar-refractivity contribution is -0.177. The number of hydrogen-bond donors (Lipinski definition) is 3. The number of primary amides is 1. The van der Waals surface area contributed by atoms with E-state index in [1.54, 1.807) is 67.8 Å². The molecule has 286 valence electrons. The maximum atomic E-state index is 13.4. The largest absolute Gasteiger partial charge is 0.461 e. The van der Waals surface area contributed by atoms with Gasteiger partial charge in [0.05, 0.1) is 14.9 Å². The average Bonchev–Trinajstić information content (AvgIpc) is 3.01. The Morgan fingerprint density at radius 1 is 0.519 bits per heavy atom. The fourth-order valence-electron chi connectivity index (χ4n) is 3.65. The highest BCUT2D eigenvalue weighted by Gasteiger charge is 2.37. The summed E-state index contributed by atoms with van der Waals surface area (Å²) in [6.07, 6.45) is -7.33. The zero-order chi connectivity index (χ0) is 40.0. The molecule has 0 radical (unpaired) electrons. The van der Waals surface area contributed by atoms with Crippen LogP contribution >= 0.6 is 67.8 Å². The monoisotopic (exact) mass is 1070 g/mol. The van der Waals surface area contributed by atoms with E-state index < -0.39 is 104 Å². The van der Waals surface area contributed by atoms with Gasteiger partial charge in [-0.15, -0.1) is 0 Å². The van der Waals surface area contributed by atoms with Crippen LogP contribution in [0.3, 0.4) is 0 Å². The minimum Gasteiger partial charge on any atom is -0.461 e. The molecule has 0 saturated carbocycles. The van der Waals surface area contributed by atoms with Crippen LogP contribution in [0.2, 0.25) is 0 Å². The van der Waals surface area contributed by atoms with Crippen molar-refractivity contribution in [1.82, 2.24) is 0 Å². The summed E-state index contributed by atoms with van der Waals surface area (Å²) >= 11 is 5.00. The van der Waals surface area contributed by atoms with Gasteiger partial charge in [-0.1, -0.05) is 0 Å². The number of carbonyl (C=O) groups is 10. The van der Waals surface area contributed by atoms with Crippen LogP contribution in [-0.4, -0.2) is 97.6 Å². The number of ether oxygens (including phenoxy) is 7. The summed E-state index contributed by atoms with van der Waals surface area (Å²) < 4.78 is 34.7. The second-order valence-electron chi connectivity index (χ2n) is 10.0. The number of benzene rings is 1. The van der Waals surface area contributed by atoms with Crippen molar-refractivity contribution in [3.05, 3.63) is 16.3 Å². The molecule has 4 unspecified atom stereocenters. The van der Waals surface area contributed by atoms with Gasteiger partial charge >= 0.3 is 41.8 Å². The lowest BCUT2D eigenvalue weighted by atomic mass is 10.1. The molecule has 0 heterocycles. The van der Waals surface area contributed by atoms with Gasteiger partial charge in [0.1, 0.15) is 19.8 Å². The Kier molecular flexibility index (Phi) is 19.2. The van der Waals surface area contributed by atoms with E-state index >= 15 is 0 Å². The first-order valence-corrected chi connectivity index (χ1v) is 17.5. The number of carbonyl (C=O) groups excluding carboxylic acids is 10. The van der Waals surface area contributed by atoms with Crippen LogP contribution in [-0.2, 0) is 81.1 Å². The molecule has 0 spiro atoms. The second kappa shape index (κ2) is 21.6. The van der Waals surface area contributed by atoms with Crippen LogP contribution < -0.4 is 16.4 Å². The lowest BCUT2D eigenvalue weighted by Crippen LogP contribution is -2.39. The van der Waals surface area contributed by atoms with Crippen molar-refractivity contribution < 1.29 is 81.1 Å². The zero-order valence-corrected chi connectivity index (χ0v) is 34.6. The Hall–Kier alpha value is -3.89. The zero-order valence-electron chi connectivity index (χ0n) is 28.1. The highest BCUT2D eigenvalue weighted by Crippen LogP contribution is 2.42. The van der Waals surface area contributed by atoms with Crippen molar-refractivity contribution >= 4 is 139 Å². The van der Waals surface area contributed by atoms with Gasteiger partial charge in [-0.25, -0.2) is 4.79 Å². The van der Waals surface area contributed by atoms with Crippen molar-refractivity contribution in [2.45, 2.75) is 66.0 Å². The first-order chi connectivity index (χ1) is 24.1. The molecule has 0 aliphatic carbocycles. The van der Waals surface area contributed by atoms with Crippen LogP contribution in [0.1, 0.15) is 53.2 Å². The maximum Gasteiger partial charge on any atom is 0.352 e. The number of anilines is 2. The highest BCUT2D eigenvalue weighted by molar-refractivity contribution is 14.1. The van der Waals surface area contributed by atoms with Crippen LogP contribution in [0.4, 0.5) is 11.4 Å². The maximum absolute atomic E-state index is 13.4. The summed E-state index contributed by atoms with van der Waals surface area (Å²) in [5.41, 5.74) is 5.01. The van der Waals surface area contributed by atoms with Gasteiger partial charge in [0.2, 0.25) is 24.4 Å². The third-order valence-corrected chi connectivity index (χ3v) is 9.01. The lowest BCUT2D eigenvalue weighted by Gasteiger charge is -2.26. The van der Waals surface area contributed by atoms with Gasteiger partial charge in [0.15, 0.2) is 0 Å². The smallest absolute Gasteiger partial charge is 0.352 e. The van der Waals surface area contributed by atoms with Crippen molar-refractivity contribution in [1.29, 1.82) is 0 Å². The van der Waals surface area contributed by atoms with Gasteiger partial charge in [-0.05, 0) is 67.8 Å². The van der Waals surface area contributed by atoms with Crippen LogP contribution in [0.15, 0.2) is 0 Å². The van der Waals surface area contributed by atoms with Crippen LogP contribution in [0.5, 0.6) is 0 Å². The molecule has 0 bridgehead atoms. The molecule has 20 nitrogen and oxygen atoms in total. The van der Waals surface area contributed by atoms with E-state index in [9.17, 15) is 47.9 Å². The fourth-order valence-corrected chi connectivity index (χ4v) is 7.92. The van der Waals surface area contributed by atoms with Crippen molar-refractivity contribution in [2.24, 2.45) is 5.73 Å². The fraction of sp³-hybridized carbons (Fsp3) is 0.448. The third kappa shape index (κ3) is 15.0. The molecule has 1 aromatic rings. The SMILES string of the molecule is CC(=O)OCC(OC(C)=O)C(=O)Nc1c(I)c(NC(=O)C(COC(C)=O)OC(C)=O)c(I)c(C(OC(=O)C(COC(C)=O)OC(C)=O)C(N)=O)c1I. The number of nitrogens with two attached hydrogens (primary N) is 1. The summed E-state index contributed by atoms with van der Waals surface area (Å²) in [5, 5.41) is 4.94. The number of rotatable bonds is 17. The van der Waals surface area contributed by atoms with E-state index in [4.69, 9.17) is 38.9 Å². The molecule has 4 N–H and O–H groups in total. The van der Waals surface area contributed by atoms with E-state index in [0.29, 0.717) is 0 Å². The van der Waals surface area contributed by atoms with Crippen molar-refractivity contribution in [3.8, 4) is 0 Å². The summed E-state index contributed by atoms with van der Waals surface area (Å²) in [4.78, 5) is 122. The predicted octanol–water partition coefficient (Wildman–Crippen LogP) is 0.931. The van der Waals surface area contributed by atoms with Crippen LogP contribution in [0, 0.1) is 10.7 Å². The minimum absolute atomic E-state index is 0.0298. The molecule has 23 heteroatoms. The first kappa shape index (κ1) is 46.1. The molecule has 0 fully saturated rings. The molecule has 4 atom stereocenters. The van der Waals surface area contributed by atoms with E-state index in [1.165, 1.54) is 0 Å². The van der Waals surface area contributed by atoms with E-state index in [0.717, 1.165) is 41.5 Å². The number of amides is 3. The van der Waals surface area contributed by atoms with Crippen LogP contribution in [0.25, 0.3) is 0 Å². The molecule has 3 amide bonds. The van der Waals surface area contributed by atoms with E-state index in [2.05, 4.69) is 10.6 Å². The average molecular weight is 1080 g/mol. The number of halogens is 3. The number of esters is 7. The Morgan fingerprint density at radius 3 is 1.15 bits per heavy atom.